The number of fused-ring (bicyclic) bond motifs is 2. The van der Waals surface area contributed by atoms with E-state index in [9.17, 15) is 31.7 Å². The van der Waals surface area contributed by atoms with Crippen LogP contribution in [0.15, 0.2) is 89.5 Å². The van der Waals surface area contributed by atoms with Crippen molar-refractivity contribution in [1.29, 1.82) is 0 Å². The molecule has 0 radical (unpaired) electrons. The molecule has 2 fully saturated rings. The molecule has 360 valence electrons. The molecule has 1 unspecified atom stereocenters. The topological polar surface area (TPSA) is 213 Å². The van der Waals surface area contributed by atoms with E-state index in [1.165, 1.54) is 27.1 Å². The summed E-state index contributed by atoms with van der Waals surface area (Å²) in [5, 5.41) is 16.7. The third kappa shape index (κ3) is 10.3. The Morgan fingerprint density at radius 1 is 0.956 bits per heavy atom. The molecule has 0 spiro atoms. The zero-order valence-electron chi connectivity index (χ0n) is 38.0. The van der Waals surface area contributed by atoms with Crippen LogP contribution in [0.4, 0.5) is 28.4 Å². The zero-order valence-corrected chi connectivity index (χ0v) is 40.4. The van der Waals surface area contributed by atoms with E-state index >= 15 is 0 Å². The maximum Gasteiger partial charge on any atom is 0.293 e. The highest BCUT2D eigenvalue weighted by Crippen LogP contribution is 2.44. The summed E-state index contributed by atoms with van der Waals surface area (Å²) in [4.78, 5) is 39.8. The fraction of sp³-hybridized carbons (Fsp3) is 0.404. The number of pyridine rings is 1. The van der Waals surface area contributed by atoms with Crippen LogP contribution < -0.4 is 24.6 Å². The molecule has 2 saturated heterocycles. The van der Waals surface area contributed by atoms with E-state index in [0.717, 1.165) is 86.5 Å². The first-order valence-electron chi connectivity index (χ1n) is 22.5. The second kappa shape index (κ2) is 19.0. The van der Waals surface area contributed by atoms with Crippen molar-refractivity contribution in [3.8, 4) is 5.88 Å². The molecule has 18 nitrogen and oxygen atoms in total. The van der Waals surface area contributed by atoms with Gasteiger partial charge in [0.2, 0.25) is 15.9 Å². The van der Waals surface area contributed by atoms with E-state index < -0.39 is 47.6 Å². The number of carbonyl (C=O) groups is 1. The normalized spacial score (nSPS) is 19.4. The predicted octanol–water partition coefficient (Wildman–Crippen LogP) is 6.63. The lowest BCUT2D eigenvalue weighted by molar-refractivity contribution is -0.384. The van der Waals surface area contributed by atoms with Crippen molar-refractivity contribution in [2.75, 3.05) is 93.5 Å². The highest BCUT2D eigenvalue weighted by atomic mass is 35.5. The molecule has 3 N–H and O–H groups in total. The number of aromatic amines is 1. The molecule has 2 aromatic heterocycles. The van der Waals surface area contributed by atoms with E-state index in [1.807, 2.05) is 41.3 Å². The minimum absolute atomic E-state index is 0.00649. The molecule has 21 heteroatoms. The van der Waals surface area contributed by atoms with E-state index in [0.29, 0.717) is 29.4 Å². The Hall–Kier alpha value is -5.77. The standard InChI is InChI=1S/C47H54ClN9O9S2/c1-47(2)14-12-33(39(27-47)31-4-6-34(48)7-5-31)29-53-16-18-54(19-17-53)35-8-10-38(41(25-35)56-21-23-66-46-43(56)24-32-13-15-49-44(32)51-46)45(58)52-68(63,64)37-9-11-40(42(26-37)57(59)60)50-28-36-30-55(20-22-65-36)67(3,61)62/h4-11,13,15,24-26,36,50H,12,14,16-23,27-30H2,1-3H3,(H,49,51)(H,52,58). The number of nitrogens with zero attached hydrogens (tertiary/aromatic N) is 6. The van der Waals surface area contributed by atoms with Crippen molar-refractivity contribution in [2.24, 2.45) is 5.41 Å². The number of benzene rings is 3. The highest BCUT2D eigenvalue weighted by molar-refractivity contribution is 7.90. The molecule has 1 atom stereocenters. The van der Waals surface area contributed by atoms with Crippen LogP contribution >= 0.6 is 11.6 Å². The highest BCUT2D eigenvalue weighted by Gasteiger charge is 2.33. The van der Waals surface area contributed by atoms with Gasteiger partial charge in [-0.25, -0.2) is 21.6 Å². The molecule has 3 aliphatic heterocycles. The number of sulfonamides is 2. The maximum absolute atomic E-state index is 14.3. The van der Waals surface area contributed by atoms with E-state index in [1.54, 1.807) is 12.3 Å². The summed E-state index contributed by atoms with van der Waals surface area (Å²) in [5.74, 6) is -0.582. The number of piperazine rings is 1. The van der Waals surface area contributed by atoms with Crippen LogP contribution in [-0.4, -0.2) is 131 Å². The lowest BCUT2D eigenvalue weighted by Crippen LogP contribution is -2.47. The lowest BCUT2D eigenvalue weighted by Gasteiger charge is -2.39. The molecule has 0 saturated carbocycles. The van der Waals surface area contributed by atoms with Crippen molar-refractivity contribution in [3.63, 3.8) is 0 Å². The summed E-state index contributed by atoms with van der Waals surface area (Å²) < 4.78 is 67.2. The molecule has 1 aliphatic carbocycles. The number of ether oxygens (including phenoxy) is 2. The third-order valence-corrected chi connectivity index (χ3v) is 16.0. The van der Waals surface area contributed by atoms with Gasteiger partial charge < -0.3 is 29.6 Å². The van der Waals surface area contributed by atoms with Gasteiger partial charge in [0, 0.05) is 80.7 Å². The largest absolute Gasteiger partial charge is 0.474 e. The number of rotatable bonds is 13. The molecule has 68 heavy (non-hydrogen) atoms. The summed E-state index contributed by atoms with van der Waals surface area (Å²) >= 11 is 6.26. The van der Waals surface area contributed by atoms with Crippen LogP contribution in [0.25, 0.3) is 16.6 Å². The molecule has 0 bridgehead atoms. The Bertz CT molecular complexity index is 3010. The van der Waals surface area contributed by atoms with Crippen LogP contribution in [0.3, 0.4) is 0 Å². The predicted molar refractivity (Wildman–Crippen MR) is 262 cm³/mol. The molecule has 5 aromatic rings. The van der Waals surface area contributed by atoms with Crippen LogP contribution in [0.5, 0.6) is 5.88 Å². The number of amides is 1. The number of allylic oxidation sites excluding steroid dienone is 1. The molecular formula is C47H54ClN9O9S2. The number of halogens is 1. The third-order valence-electron chi connectivity index (χ3n) is 13.2. The van der Waals surface area contributed by atoms with Crippen LogP contribution in [0, 0.1) is 15.5 Å². The number of anilines is 4. The second-order valence-corrected chi connectivity index (χ2v) is 22.6. The number of aromatic nitrogens is 2. The summed E-state index contributed by atoms with van der Waals surface area (Å²) in [5.41, 5.74) is 6.30. The van der Waals surface area contributed by atoms with Crippen molar-refractivity contribution in [1.82, 2.24) is 23.9 Å². The van der Waals surface area contributed by atoms with Crippen molar-refractivity contribution in [2.45, 2.75) is 44.1 Å². The van der Waals surface area contributed by atoms with Crippen LogP contribution in [-0.2, 0) is 24.8 Å². The second-order valence-electron chi connectivity index (χ2n) is 18.5. The Balaban J connectivity index is 0.961. The SMILES string of the molecule is CC1(C)CCC(CN2CCN(c3ccc(C(=O)NS(=O)(=O)c4ccc(NCC5CN(S(C)(=O)=O)CCO5)c([N+](=O)[O-])c4)c(N4CCOc5nc6[nH]ccc6cc54)c3)CC2)=C(c2ccc(Cl)cc2)C1. The van der Waals surface area contributed by atoms with Gasteiger partial charge in [-0.2, -0.15) is 9.29 Å². The first kappa shape index (κ1) is 47.3. The number of nitrogens with one attached hydrogen (secondary N) is 3. The van der Waals surface area contributed by atoms with E-state index in [-0.39, 0.29) is 49.5 Å². The molecule has 3 aromatic carbocycles. The first-order valence-corrected chi connectivity index (χ1v) is 26.2. The van der Waals surface area contributed by atoms with Crippen LogP contribution in [0.1, 0.15) is 49.0 Å². The molecular weight excluding hydrogens is 934 g/mol. The van der Waals surface area contributed by atoms with E-state index in [2.05, 4.69) is 55.8 Å². The van der Waals surface area contributed by atoms with Crippen LogP contribution in [0.2, 0.25) is 5.02 Å². The van der Waals surface area contributed by atoms with Gasteiger partial charge in [-0.15, -0.1) is 0 Å². The fourth-order valence-corrected chi connectivity index (χ4v) is 11.4. The minimum Gasteiger partial charge on any atom is -0.474 e. The first-order chi connectivity index (χ1) is 32.4. The average molecular weight is 989 g/mol. The monoisotopic (exact) mass is 987 g/mol. The number of morpholine rings is 1. The van der Waals surface area contributed by atoms with Gasteiger partial charge in [-0.3, -0.25) is 19.8 Å². The van der Waals surface area contributed by atoms with Gasteiger partial charge in [-0.1, -0.05) is 43.2 Å². The van der Waals surface area contributed by atoms with Gasteiger partial charge in [0.1, 0.15) is 23.6 Å². The van der Waals surface area contributed by atoms with Gasteiger partial charge in [0.05, 0.1) is 46.6 Å². The molecule has 9 rings (SSSR count). The van der Waals surface area contributed by atoms with Gasteiger partial charge >= 0.3 is 0 Å². The average Bonchev–Trinajstić information content (AvgIpc) is 3.78. The number of H-pyrrole nitrogens is 1. The minimum atomic E-state index is -4.66. The number of hydrogen-bond donors (Lipinski definition) is 3. The quantitative estimate of drug-likeness (QED) is 0.0835. The summed E-state index contributed by atoms with van der Waals surface area (Å²) in [7, 11) is -8.14. The lowest BCUT2D eigenvalue weighted by atomic mass is 9.72. The van der Waals surface area contributed by atoms with Crippen molar-refractivity contribution >= 4 is 82.6 Å². The number of carbonyl (C=O) groups excluding carboxylic acids is 1. The van der Waals surface area contributed by atoms with Gasteiger partial charge in [0.25, 0.3) is 21.6 Å². The summed E-state index contributed by atoms with van der Waals surface area (Å²) in [6.07, 6.45) is 5.41. The van der Waals surface area contributed by atoms with Crippen molar-refractivity contribution in [3.05, 3.63) is 111 Å². The Kier molecular flexibility index (Phi) is 13.2. The zero-order chi connectivity index (χ0) is 48.0. The van der Waals surface area contributed by atoms with Gasteiger partial charge in [-0.05, 0) is 90.4 Å². The molecule has 4 aliphatic rings. The number of nitro benzene ring substituents is 1. The number of nitro groups is 1. The summed E-state index contributed by atoms with van der Waals surface area (Å²) in [6, 6.07) is 20.5. The number of hydrogen-bond acceptors (Lipinski definition) is 14. The Labute approximate surface area is 400 Å². The smallest absolute Gasteiger partial charge is 0.293 e. The Morgan fingerprint density at radius 2 is 1.74 bits per heavy atom. The Morgan fingerprint density at radius 3 is 2.49 bits per heavy atom. The maximum atomic E-state index is 14.3. The molecule has 5 heterocycles. The van der Waals surface area contributed by atoms with Gasteiger partial charge in [0.15, 0.2) is 0 Å². The molecule has 1 amide bonds. The fourth-order valence-electron chi connectivity index (χ4n) is 9.44. The van der Waals surface area contributed by atoms with Crippen molar-refractivity contribution < 1.29 is 36.0 Å². The summed E-state index contributed by atoms with van der Waals surface area (Å²) in [6.45, 7) is 9.56. The van der Waals surface area contributed by atoms with E-state index in [4.69, 9.17) is 21.1 Å².